The molecule has 3 aromatic rings. The third kappa shape index (κ3) is 4.87. The summed E-state index contributed by atoms with van der Waals surface area (Å²) in [5.74, 6) is 0.586. The van der Waals surface area contributed by atoms with E-state index in [-0.39, 0.29) is 11.8 Å². The average molecular weight is 447 g/mol. The number of fused-ring (bicyclic) bond motifs is 1. The number of benzene rings is 2. The molecule has 170 valence electrons. The Hall–Kier alpha value is -3.74. The molecule has 1 aliphatic carbocycles. The molecule has 2 amide bonds. The maximum Gasteiger partial charge on any atom is 0.255 e. The summed E-state index contributed by atoms with van der Waals surface area (Å²) < 4.78 is 15.4. The predicted molar refractivity (Wildman–Crippen MR) is 129 cm³/mol. The van der Waals surface area contributed by atoms with Crippen LogP contribution in [0.3, 0.4) is 0 Å². The molecule has 0 saturated carbocycles. The molecule has 0 bridgehead atoms. The van der Waals surface area contributed by atoms with Gasteiger partial charge in [-0.1, -0.05) is 18.2 Å². The van der Waals surface area contributed by atoms with Crippen LogP contribution in [0, 0.1) is 6.92 Å². The summed E-state index contributed by atoms with van der Waals surface area (Å²) in [5, 5.41) is 2.91. The molecular weight excluding hydrogens is 419 g/mol. The number of amides is 2. The van der Waals surface area contributed by atoms with E-state index in [1.807, 2.05) is 42.7 Å². The minimum Gasteiger partial charge on any atom is -0.346 e. The molecule has 6 nitrogen and oxygen atoms in total. The number of carbonyl (C=O) groups excluding carboxylic acids is 2. The van der Waals surface area contributed by atoms with Crippen molar-refractivity contribution in [2.45, 2.75) is 32.9 Å². The van der Waals surface area contributed by atoms with Crippen molar-refractivity contribution in [2.24, 2.45) is 0 Å². The molecular formula is C26H27FN4O2. The molecule has 0 spiro atoms. The molecule has 1 aromatic heterocycles. The normalized spacial score (nSPS) is 15.4. The molecule has 1 N–H and O–H groups in total. The van der Waals surface area contributed by atoms with Gasteiger partial charge in [0.1, 0.15) is 12.0 Å². The van der Waals surface area contributed by atoms with E-state index in [1.165, 1.54) is 6.08 Å². The lowest BCUT2D eigenvalue weighted by molar-refractivity contribution is -0.128. The van der Waals surface area contributed by atoms with Crippen LogP contribution >= 0.6 is 0 Å². The van der Waals surface area contributed by atoms with Gasteiger partial charge in [-0.05, 0) is 61.9 Å². The van der Waals surface area contributed by atoms with Crippen LogP contribution in [0.1, 0.15) is 35.1 Å². The number of carbonyl (C=O) groups is 2. The fraction of sp³-hybridized carbons (Fsp3) is 0.269. The van der Waals surface area contributed by atoms with Gasteiger partial charge < -0.3 is 10.2 Å². The second-order valence-corrected chi connectivity index (χ2v) is 8.17. The van der Waals surface area contributed by atoms with Gasteiger partial charge in [-0.25, -0.2) is 9.37 Å². The Labute approximate surface area is 192 Å². The fourth-order valence-corrected chi connectivity index (χ4v) is 3.81. The summed E-state index contributed by atoms with van der Waals surface area (Å²) in [6.07, 6.45) is 4.81. The zero-order valence-electron chi connectivity index (χ0n) is 19.0. The molecule has 1 unspecified atom stereocenters. The van der Waals surface area contributed by atoms with Gasteiger partial charge in [-0.3, -0.25) is 14.2 Å². The number of nitrogens with one attached hydrogen (secondary N) is 1. The maximum absolute atomic E-state index is 13.5. The van der Waals surface area contributed by atoms with Crippen LogP contribution in [-0.4, -0.2) is 46.0 Å². The van der Waals surface area contributed by atoms with Crippen molar-refractivity contribution in [3.05, 3.63) is 77.6 Å². The summed E-state index contributed by atoms with van der Waals surface area (Å²) in [6, 6.07) is 12.6. The van der Waals surface area contributed by atoms with Crippen molar-refractivity contribution in [1.82, 2.24) is 14.5 Å². The number of imidazole rings is 1. The highest BCUT2D eigenvalue weighted by molar-refractivity contribution is 6.06. The van der Waals surface area contributed by atoms with Gasteiger partial charge in [-0.15, -0.1) is 0 Å². The Morgan fingerprint density at radius 1 is 1.21 bits per heavy atom. The van der Waals surface area contributed by atoms with E-state index in [0.717, 1.165) is 28.1 Å². The molecule has 1 heterocycles. The SMILES string of the molecule is CCN(C)C(=O)Cc1ccc(NC(=O)c2ccc3nc(C)n(C4=CCC(F)C=C4)c3c2)cc1. The lowest BCUT2D eigenvalue weighted by Crippen LogP contribution is -2.27. The van der Waals surface area contributed by atoms with Crippen LogP contribution in [0.2, 0.25) is 0 Å². The summed E-state index contributed by atoms with van der Waals surface area (Å²) in [7, 11) is 1.78. The number of anilines is 1. The molecule has 1 aliphatic rings. The number of rotatable bonds is 6. The van der Waals surface area contributed by atoms with Gasteiger partial charge in [0.2, 0.25) is 5.91 Å². The van der Waals surface area contributed by atoms with Crippen LogP contribution in [-0.2, 0) is 11.2 Å². The fourth-order valence-electron chi connectivity index (χ4n) is 3.81. The first-order valence-electron chi connectivity index (χ1n) is 11.0. The highest BCUT2D eigenvalue weighted by Gasteiger charge is 2.16. The van der Waals surface area contributed by atoms with Crippen LogP contribution in [0.15, 0.2) is 60.7 Å². The van der Waals surface area contributed by atoms with Crippen molar-refractivity contribution >= 4 is 34.2 Å². The third-order valence-electron chi connectivity index (χ3n) is 5.84. The zero-order chi connectivity index (χ0) is 23.5. The minimum atomic E-state index is -0.970. The number of halogens is 1. The molecule has 0 aliphatic heterocycles. The number of hydrogen-bond donors (Lipinski definition) is 1. The van der Waals surface area contributed by atoms with Gasteiger partial charge in [0.05, 0.1) is 17.5 Å². The minimum absolute atomic E-state index is 0.0550. The highest BCUT2D eigenvalue weighted by atomic mass is 19.1. The number of aromatic nitrogens is 2. The number of allylic oxidation sites excluding steroid dienone is 4. The topological polar surface area (TPSA) is 67.2 Å². The first-order valence-corrected chi connectivity index (χ1v) is 11.0. The zero-order valence-corrected chi connectivity index (χ0v) is 19.0. The average Bonchev–Trinajstić information content (AvgIpc) is 3.15. The third-order valence-corrected chi connectivity index (χ3v) is 5.84. The first-order chi connectivity index (χ1) is 15.9. The monoisotopic (exact) mass is 446 g/mol. The molecule has 0 radical (unpaired) electrons. The van der Waals surface area contributed by atoms with Gasteiger partial charge >= 0.3 is 0 Å². The van der Waals surface area contributed by atoms with Crippen molar-refractivity contribution in [3.63, 3.8) is 0 Å². The largest absolute Gasteiger partial charge is 0.346 e. The molecule has 4 rings (SSSR count). The van der Waals surface area contributed by atoms with Gasteiger partial charge in [0.25, 0.3) is 5.91 Å². The second kappa shape index (κ2) is 9.40. The lowest BCUT2D eigenvalue weighted by Gasteiger charge is -2.14. The van der Waals surface area contributed by atoms with E-state index in [0.29, 0.717) is 30.6 Å². The van der Waals surface area contributed by atoms with E-state index in [2.05, 4.69) is 10.3 Å². The Morgan fingerprint density at radius 3 is 2.64 bits per heavy atom. The standard InChI is InChI=1S/C26H27FN4O2/c1-4-30(3)25(32)15-18-5-10-21(11-6-18)29-26(33)19-7-14-23-24(16-19)31(17(2)28-23)22-12-8-20(27)9-13-22/h5-8,10-14,16,20H,4,9,15H2,1-3H3,(H,29,33). The van der Waals surface area contributed by atoms with Crippen LogP contribution in [0.25, 0.3) is 16.7 Å². The number of likely N-dealkylation sites (N-methyl/N-ethyl adjacent to an activating group) is 1. The molecule has 33 heavy (non-hydrogen) atoms. The quantitative estimate of drug-likeness (QED) is 0.594. The number of aryl methyl sites for hydroxylation is 1. The molecule has 1 atom stereocenters. The maximum atomic E-state index is 13.5. The number of hydrogen-bond acceptors (Lipinski definition) is 3. The van der Waals surface area contributed by atoms with Crippen molar-refractivity contribution < 1.29 is 14.0 Å². The van der Waals surface area contributed by atoms with Gasteiger partial charge in [0.15, 0.2) is 0 Å². The summed E-state index contributed by atoms with van der Waals surface area (Å²) in [6.45, 7) is 4.49. The van der Waals surface area contributed by atoms with Gasteiger partial charge in [0, 0.05) is 37.0 Å². The van der Waals surface area contributed by atoms with Crippen LogP contribution < -0.4 is 5.32 Å². The van der Waals surface area contributed by atoms with E-state index in [1.54, 1.807) is 42.3 Å². The van der Waals surface area contributed by atoms with Gasteiger partial charge in [-0.2, -0.15) is 0 Å². The Morgan fingerprint density at radius 2 is 1.97 bits per heavy atom. The predicted octanol–water partition coefficient (Wildman–Crippen LogP) is 4.76. The van der Waals surface area contributed by atoms with E-state index in [9.17, 15) is 14.0 Å². The Balaban J connectivity index is 1.52. The first kappa shape index (κ1) is 22.5. The highest BCUT2D eigenvalue weighted by Crippen LogP contribution is 2.26. The van der Waals surface area contributed by atoms with Crippen LogP contribution in [0.5, 0.6) is 0 Å². The summed E-state index contributed by atoms with van der Waals surface area (Å²) >= 11 is 0. The Kier molecular flexibility index (Phi) is 6.40. The second-order valence-electron chi connectivity index (χ2n) is 8.17. The van der Waals surface area contributed by atoms with E-state index in [4.69, 9.17) is 0 Å². The number of nitrogens with zero attached hydrogens (tertiary/aromatic N) is 3. The van der Waals surface area contributed by atoms with Crippen molar-refractivity contribution in [3.8, 4) is 0 Å². The van der Waals surface area contributed by atoms with E-state index >= 15 is 0 Å². The van der Waals surface area contributed by atoms with Crippen molar-refractivity contribution in [2.75, 3.05) is 18.9 Å². The summed E-state index contributed by atoms with van der Waals surface area (Å²) in [4.78, 5) is 31.2. The molecule has 2 aromatic carbocycles. The molecule has 0 saturated heterocycles. The molecule has 0 fully saturated rings. The Bertz CT molecular complexity index is 1260. The smallest absolute Gasteiger partial charge is 0.255 e. The number of alkyl halides is 1. The molecule has 7 heteroatoms. The summed E-state index contributed by atoms with van der Waals surface area (Å²) in [5.41, 5.74) is 4.45. The van der Waals surface area contributed by atoms with Crippen molar-refractivity contribution in [1.29, 1.82) is 0 Å². The lowest BCUT2D eigenvalue weighted by atomic mass is 10.1. The van der Waals surface area contributed by atoms with E-state index < -0.39 is 6.17 Å². The van der Waals surface area contributed by atoms with Crippen LogP contribution in [0.4, 0.5) is 10.1 Å².